The van der Waals surface area contributed by atoms with Crippen LogP contribution in [-0.4, -0.2) is 59.8 Å². The third-order valence-corrected chi connectivity index (χ3v) is 13.2. The predicted molar refractivity (Wildman–Crippen MR) is 251 cm³/mol. The van der Waals surface area contributed by atoms with Crippen LogP contribution >= 0.6 is 0 Å². The number of ether oxygens (including phenoxy) is 5. The molecule has 0 aromatic heterocycles. The Balaban J connectivity index is 1.35. The number of carbonyl (C=O) groups is 2. The van der Waals surface area contributed by atoms with Crippen LogP contribution in [0.25, 0.3) is 31.7 Å². The number of Topliss-reactive ketones (excluding diaryl/α,β-unsaturated/α-hetero) is 2. The number of fused-ring (bicyclic) bond motifs is 2. The molecule has 7 rings (SSSR count). The van der Waals surface area contributed by atoms with Gasteiger partial charge in [-0.25, -0.2) is 0 Å². The molecule has 11 atom stereocenters. The van der Waals surface area contributed by atoms with E-state index in [9.17, 15) is 25.8 Å². The molecule has 2 saturated heterocycles. The molecule has 14 heteroatoms. The maximum Gasteiger partial charge on any atom is 0.216 e. The summed E-state index contributed by atoms with van der Waals surface area (Å²) in [5.74, 6) is 3.08. The summed E-state index contributed by atoms with van der Waals surface area (Å²) in [5, 5.41) is 21.9. The van der Waals surface area contributed by atoms with Crippen LogP contribution in [0.5, 0.6) is 11.5 Å². The number of benzene rings is 4. The fraction of sp³-hybridized carbons (Fsp3) is 0.462. The van der Waals surface area contributed by atoms with Gasteiger partial charge in [0, 0.05) is 21.3 Å². The van der Waals surface area contributed by atoms with E-state index in [-0.39, 0.29) is 54.4 Å². The number of azide groups is 2. The molecule has 0 saturated carbocycles. The van der Waals surface area contributed by atoms with Crippen molar-refractivity contribution < 1.29 is 38.4 Å². The number of ketones is 2. The van der Waals surface area contributed by atoms with Gasteiger partial charge in [-0.15, -0.1) is 0 Å². The highest BCUT2D eigenvalue weighted by atomic mass is 16.6. The Labute approximate surface area is 385 Å². The number of hydrogen-bond acceptors (Lipinski definition) is 10. The smallest absolute Gasteiger partial charge is 0.216 e. The van der Waals surface area contributed by atoms with Gasteiger partial charge in [0.2, 0.25) is 5.78 Å². The second-order valence-corrected chi connectivity index (χ2v) is 18.0. The minimum Gasteiger partial charge on any atom is -0.506 e. The zero-order chi connectivity index (χ0) is 47.1. The standard InChI is InChI=1S/C52H58N6O8/c1-8-9-16-30(2)21-22-41(59)44-31(3)23-36-24-38-37(42-26-40(55-57-53)49(32(4)65-42)63-28-34-17-12-10-13-18-34)25-39(50(62-7)46(38)48(61)45(36)47(44)60)43-27-52(6,56-58-54)51(33(5)66-43)64-29-35-19-14-11-15-20-35/h8-15,17-20,24-25,30-33,40,42-44,49,51,61H,16,23,26-29H2,1-7H3/b9-8-/t30?,31?,32-,33+,40-,42-,43+,44?,49-,51-,52+/m1/s1. The molecule has 3 aliphatic rings. The number of carbonyl (C=O) groups excluding carboxylic acids is 2. The molecule has 344 valence electrons. The van der Waals surface area contributed by atoms with Gasteiger partial charge in [-0.1, -0.05) is 110 Å². The molecular weight excluding hydrogens is 837 g/mol. The van der Waals surface area contributed by atoms with Gasteiger partial charge in [-0.2, -0.15) is 0 Å². The van der Waals surface area contributed by atoms with Gasteiger partial charge >= 0.3 is 0 Å². The highest BCUT2D eigenvalue weighted by Crippen LogP contribution is 2.52. The van der Waals surface area contributed by atoms with Crippen molar-refractivity contribution in [1.82, 2.24) is 0 Å². The summed E-state index contributed by atoms with van der Waals surface area (Å²) in [7, 11) is 1.48. The quantitative estimate of drug-likeness (QED) is 0.0245. The van der Waals surface area contributed by atoms with Gasteiger partial charge in [-0.3, -0.25) is 9.59 Å². The summed E-state index contributed by atoms with van der Waals surface area (Å²) >= 11 is 0. The van der Waals surface area contributed by atoms with E-state index in [0.717, 1.165) is 11.1 Å². The van der Waals surface area contributed by atoms with E-state index in [2.05, 4.69) is 31.9 Å². The van der Waals surface area contributed by atoms with Crippen molar-refractivity contribution in [1.29, 1.82) is 0 Å². The van der Waals surface area contributed by atoms with Crippen LogP contribution in [0.3, 0.4) is 0 Å². The van der Waals surface area contributed by atoms with E-state index in [0.29, 0.717) is 34.9 Å². The molecule has 2 heterocycles. The maximum atomic E-state index is 14.6. The van der Waals surface area contributed by atoms with Crippen molar-refractivity contribution in [3.05, 3.63) is 139 Å². The van der Waals surface area contributed by atoms with Crippen molar-refractivity contribution in [2.45, 2.75) is 129 Å². The number of methoxy groups -OCH3 is 1. The minimum atomic E-state index is -1.11. The molecule has 14 nitrogen and oxygen atoms in total. The largest absolute Gasteiger partial charge is 0.506 e. The predicted octanol–water partition coefficient (Wildman–Crippen LogP) is 11.3. The first-order valence-electron chi connectivity index (χ1n) is 22.6. The summed E-state index contributed by atoms with van der Waals surface area (Å²) in [6.07, 6.45) is 1.44. The average Bonchev–Trinajstić information content (AvgIpc) is 3.29. The Morgan fingerprint density at radius 3 is 2.27 bits per heavy atom. The lowest BCUT2D eigenvalue weighted by Crippen LogP contribution is -2.52. The summed E-state index contributed by atoms with van der Waals surface area (Å²) in [5.41, 5.74) is 22.3. The molecule has 66 heavy (non-hydrogen) atoms. The molecule has 0 bridgehead atoms. The van der Waals surface area contributed by atoms with Crippen LogP contribution in [0.4, 0.5) is 0 Å². The molecule has 0 spiro atoms. The van der Waals surface area contributed by atoms with E-state index < -0.39 is 71.6 Å². The lowest BCUT2D eigenvalue weighted by atomic mass is 9.72. The molecule has 4 aromatic rings. The van der Waals surface area contributed by atoms with Crippen molar-refractivity contribution >= 4 is 22.3 Å². The maximum absolute atomic E-state index is 14.6. The number of hydrogen-bond donors (Lipinski definition) is 1. The lowest BCUT2D eigenvalue weighted by Gasteiger charge is -2.45. The molecule has 0 amide bonds. The lowest BCUT2D eigenvalue weighted by molar-refractivity contribution is -0.170. The number of phenols is 1. The van der Waals surface area contributed by atoms with Crippen LogP contribution in [0, 0.1) is 29.6 Å². The topological polar surface area (TPSA) is 198 Å². The minimum absolute atomic E-state index is 0.0367. The van der Waals surface area contributed by atoms with Crippen LogP contribution in [-0.2, 0) is 43.4 Å². The summed E-state index contributed by atoms with van der Waals surface area (Å²) < 4.78 is 32.7. The molecular formula is C52H58N6O8. The van der Waals surface area contributed by atoms with E-state index >= 15 is 0 Å². The normalized spacial score (nSPS) is 27.7. The molecule has 2 fully saturated rings. The Kier molecular flexibility index (Phi) is 15.2. The van der Waals surface area contributed by atoms with Gasteiger partial charge in [-0.05, 0) is 109 Å². The third-order valence-electron chi connectivity index (χ3n) is 13.2. The highest BCUT2D eigenvalue weighted by Gasteiger charge is 2.48. The van der Waals surface area contributed by atoms with Crippen molar-refractivity contribution in [2.24, 2.45) is 28.0 Å². The number of nitrogens with zero attached hydrogens (tertiary/aromatic N) is 6. The molecule has 4 aromatic carbocycles. The average molecular weight is 895 g/mol. The molecule has 3 unspecified atom stereocenters. The molecule has 1 N–H and O–H groups in total. The van der Waals surface area contributed by atoms with Crippen LogP contribution in [0.1, 0.15) is 111 Å². The zero-order valence-electron chi connectivity index (χ0n) is 38.6. The first-order valence-corrected chi connectivity index (χ1v) is 22.6. The Hall–Kier alpha value is -6.16. The van der Waals surface area contributed by atoms with Gasteiger partial charge in [0.05, 0.1) is 85.4 Å². The summed E-state index contributed by atoms with van der Waals surface area (Å²) in [4.78, 5) is 34.8. The first kappa shape index (κ1) is 47.8. The van der Waals surface area contributed by atoms with E-state index in [4.69, 9.17) is 23.7 Å². The fourth-order valence-corrected chi connectivity index (χ4v) is 10.0. The van der Waals surface area contributed by atoms with Crippen molar-refractivity contribution in [3.8, 4) is 23.3 Å². The molecule has 0 radical (unpaired) electrons. The molecule has 1 aliphatic carbocycles. The van der Waals surface area contributed by atoms with Gasteiger partial charge in [0.15, 0.2) is 5.78 Å². The van der Waals surface area contributed by atoms with E-state index in [1.54, 1.807) is 0 Å². The zero-order valence-corrected chi connectivity index (χ0v) is 38.6. The van der Waals surface area contributed by atoms with Crippen LogP contribution in [0.15, 0.2) is 95.2 Å². The SMILES string of the molecule is C/C=C\CC(C)C#CC(=O)C1C(=O)c2c(cc3c([C@H]4C[C@@H](N=[N+]=[N-])[C@H](OCc5ccccc5)[C@@H](C)O4)cc([C@@H]4C[C@](C)(N=[N+]=[N-])[C@H](OCc5ccccc5)[C@H](C)O4)c(OC)c3c2O)CC1C. The van der Waals surface area contributed by atoms with E-state index in [1.807, 2.05) is 126 Å². The summed E-state index contributed by atoms with van der Waals surface area (Å²) in [6.45, 7) is 11.8. The molecule has 2 aliphatic heterocycles. The third kappa shape index (κ3) is 9.98. The second-order valence-electron chi connectivity index (χ2n) is 18.0. The van der Waals surface area contributed by atoms with Crippen molar-refractivity contribution in [3.63, 3.8) is 0 Å². The fourth-order valence-electron chi connectivity index (χ4n) is 10.0. The Morgan fingerprint density at radius 1 is 0.970 bits per heavy atom. The number of aromatic hydroxyl groups is 1. The van der Waals surface area contributed by atoms with Gasteiger partial charge in [0.25, 0.3) is 0 Å². The van der Waals surface area contributed by atoms with Crippen LogP contribution < -0.4 is 4.74 Å². The number of allylic oxidation sites excluding steroid dienone is 2. The summed E-state index contributed by atoms with van der Waals surface area (Å²) in [6, 6.07) is 22.6. The Morgan fingerprint density at radius 2 is 1.64 bits per heavy atom. The first-order chi connectivity index (χ1) is 31.8. The monoisotopic (exact) mass is 894 g/mol. The van der Waals surface area contributed by atoms with Crippen molar-refractivity contribution in [2.75, 3.05) is 7.11 Å². The van der Waals surface area contributed by atoms with E-state index in [1.165, 1.54) is 7.11 Å². The Bertz CT molecular complexity index is 2620. The number of rotatable bonds is 14. The second kappa shape index (κ2) is 21.0. The van der Waals surface area contributed by atoms with Crippen LogP contribution in [0.2, 0.25) is 0 Å². The number of phenolic OH excluding ortho intramolecular Hbond substituents is 1. The highest BCUT2D eigenvalue weighted by molar-refractivity contribution is 6.20. The van der Waals surface area contributed by atoms with Gasteiger partial charge in [0.1, 0.15) is 11.5 Å². The van der Waals surface area contributed by atoms with Gasteiger partial charge < -0.3 is 28.8 Å².